The van der Waals surface area contributed by atoms with Gasteiger partial charge in [-0.05, 0) is 18.2 Å². The van der Waals surface area contributed by atoms with E-state index in [0.29, 0.717) is 5.56 Å². The van der Waals surface area contributed by atoms with Gasteiger partial charge in [-0.25, -0.2) is 13.6 Å². The highest BCUT2D eigenvalue weighted by atomic mass is 19.1. The number of rotatable bonds is 4. The van der Waals surface area contributed by atoms with Crippen LogP contribution in [-0.4, -0.2) is 13.1 Å². The van der Waals surface area contributed by atoms with E-state index in [2.05, 4.69) is 10.6 Å². The molecule has 6 heteroatoms. The number of carbonyl (C=O) groups excluding carboxylic acids is 1. The van der Waals surface area contributed by atoms with Crippen molar-refractivity contribution in [3.05, 3.63) is 59.7 Å². The molecule has 0 atom stereocenters. The molecule has 0 aromatic heterocycles. The molecule has 0 saturated carbocycles. The van der Waals surface area contributed by atoms with Gasteiger partial charge < -0.3 is 15.4 Å². The molecule has 0 aliphatic heterocycles. The van der Waals surface area contributed by atoms with Crippen LogP contribution in [0.15, 0.2) is 42.5 Å². The maximum absolute atomic E-state index is 13.5. The number of hydrogen-bond donors (Lipinski definition) is 2. The Balaban J connectivity index is 1.93. The van der Waals surface area contributed by atoms with Crippen LogP contribution in [0.4, 0.5) is 19.3 Å². The minimum Gasteiger partial charge on any atom is -0.494 e. The molecule has 2 rings (SSSR count). The monoisotopic (exact) mass is 292 g/mol. The summed E-state index contributed by atoms with van der Waals surface area (Å²) in [5, 5.41) is 4.95. The van der Waals surface area contributed by atoms with E-state index in [0.717, 1.165) is 6.07 Å². The summed E-state index contributed by atoms with van der Waals surface area (Å²) < 4.78 is 31.6. The molecule has 2 aromatic rings. The van der Waals surface area contributed by atoms with Crippen LogP contribution in [0.1, 0.15) is 5.56 Å². The van der Waals surface area contributed by atoms with Crippen LogP contribution in [0.3, 0.4) is 0 Å². The second kappa shape index (κ2) is 6.69. The zero-order valence-electron chi connectivity index (χ0n) is 11.3. The van der Waals surface area contributed by atoms with Crippen LogP contribution >= 0.6 is 0 Å². The molecule has 0 saturated heterocycles. The Hall–Kier alpha value is -2.63. The largest absolute Gasteiger partial charge is 0.494 e. The number of hydrogen-bond acceptors (Lipinski definition) is 2. The van der Waals surface area contributed by atoms with Gasteiger partial charge >= 0.3 is 6.03 Å². The summed E-state index contributed by atoms with van der Waals surface area (Å²) in [4.78, 5) is 11.7. The van der Waals surface area contributed by atoms with Gasteiger partial charge in [-0.2, -0.15) is 0 Å². The van der Waals surface area contributed by atoms with E-state index >= 15 is 0 Å². The molecule has 2 amide bonds. The van der Waals surface area contributed by atoms with Gasteiger partial charge in [0.05, 0.1) is 7.11 Å². The van der Waals surface area contributed by atoms with Gasteiger partial charge in [0.25, 0.3) is 0 Å². The van der Waals surface area contributed by atoms with Gasteiger partial charge in [0.1, 0.15) is 5.82 Å². The van der Waals surface area contributed by atoms with E-state index in [4.69, 9.17) is 4.74 Å². The van der Waals surface area contributed by atoms with Crippen molar-refractivity contribution in [1.82, 2.24) is 5.32 Å². The summed E-state index contributed by atoms with van der Waals surface area (Å²) in [5.41, 5.74) is 0.646. The highest BCUT2D eigenvalue weighted by Crippen LogP contribution is 2.20. The third kappa shape index (κ3) is 3.92. The predicted molar refractivity (Wildman–Crippen MR) is 75.2 cm³/mol. The normalized spacial score (nSPS) is 10.0. The first-order chi connectivity index (χ1) is 10.1. The van der Waals surface area contributed by atoms with Crippen molar-refractivity contribution in [2.45, 2.75) is 6.54 Å². The number of nitrogens with one attached hydrogen (secondary N) is 2. The Labute approximate surface area is 120 Å². The Bertz CT molecular complexity index is 647. The lowest BCUT2D eigenvalue weighted by molar-refractivity contribution is 0.251. The van der Waals surface area contributed by atoms with Crippen molar-refractivity contribution in [2.24, 2.45) is 0 Å². The fraction of sp³-hybridized carbons (Fsp3) is 0.133. The first-order valence-corrected chi connectivity index (χ1v) is 6.22. The first-order valence-electron chi connectivity index (χ1n) is 6.22. The standard InChI is InChI=1S/C15H14F2N2O2/c1-21-14-7-6-11(8-13(14)17)19-15(20)18-9-10-4-2-3-5-12(10)16/h2-8H,9H2,1H3,(H2,18,19,20). The lowest BCUT2D eigenvalue weighted by Crippen LogP contribution is -2.28. The first kappa shape index (κ1) is 14.8. The van der Waals surface area contributed by atoms with Crippen molar-refractivity contribution in [1.29, 1.82) is 0 Å². The Morgan fingerprint density at radius 3 is 2.57 bits per heavy atom. The summed E-state index contributed by atoms with van der Waals surface area (Å²) in [5.74, 6) is -0.884. The molecular weight excluding hydrogens is 278 g/mol. The minimum atomic E-state index is -0.579. The number of ether oxygens (including phenoxy) is 1. The fourth-order valence-electron chi connectivity index (χ4n) is 1.74. The highest BCUT2D eigenvalue weighted by Gasteiger charge is 2.07. The summed E-state index contributed by atoms with van der Waals surface area (Å²) >= 11 is 0. The molecule has 0 spiro atoms. The zero-order valence-corrected chi connectivity index (χ0v) is 11.3. The van der Waals surface area contributed by atoms with Crippen LogP contribution in [0.2, 0.25) is 0 Å². The number of urea groups is 1. The average molecular weight is 292 g/mol. The fourth-order valence-corrected chi connectivity index (χ4v) is 1.74. The molecule has 21 heavy (non-hydrogen) atoms. The number of carbonyl (C=O) groups is 1. The van der Waals surface area contributed by atoms with Crippen molar-refractivity contribution in [3.63, 3.8) is 0 Å². The number of halogens is 2. The molecule has 0 bridgehead atoms. The minimum absolute atomic E-state index is 0.0388. The molecule has 0 fully saturated rings. The lowest BCUT2D eigenvalue weighted by Gasteiger charge is -2.09. The van der Waals surface area contributed by atoms with Crippen LogP contribution in [0.5, 0.6) is 5.75 Å². The Kier molecular flexibility index (Phi) is 4.71. The van der Waals surface area contributed by atoms with Gasteiger partial charge in [-0.3, -0.25) is 0 Å². The van der Waals surface area contributed by atoms with E-state index in [9.17, 15) is 13.6 Å². The van der Waals surface area contributed by atoms with Crippen molar-refractivity contribution >= 4 is 11.7 Å². The molecule has 0 unspecified atom stereocenters. The van der Waals surface area contributed by atoms with Crippen molar-refractivity contribution in [2.75, 3.05) is 12.4 Å². The van der Waals surface area contributed by atoms with Gasteiger partial charge in [0.15, 0.2) is 11.6 Å². The van der Waals surface area contributed by atoms with E-state index in [1.54, 1.807) is 18.2 Å². The molecule has 2 aromatic carbocycles. The smallest absolute Gasteiger partial charge is 0.319 e. The average Bonchev–Trinajstić information content (AvgIpc) is 2.46. The summed E-state index contributed by atoms with van der Waals surface area (Å²) in [7, 11) is 1.35. The van der Waals surface area contributed by atoms with Crippen LogP contribution in [0, 0.1) is 11.6 Å². The quantitative estimate of drug-likeness (QED) is 0.908. The van der Waals surface area contributed by atoms with Gasteiger partial charge in [-0.15, -0.1) is 0 Å². The molecule has 0 aliphatic carbocycles. The number of anilines is 1. The summed E-state index contributed by atoms with van der Waals surface area (Å²) in [6.45, 7) is 0.0388. The van der Waals surface area contributed by atoms with E-state index in [1.807, 2.05) is 0 Å². The molecule has 4 nitrogen and oxygen atoms in total. The van der Waals surface area contributed by atoms with Crippen LogP contribution < -0.4 is 15.4 Å². The third-order valence-electron chi connectivity index (χ3n) is 2.81. The Morgan fingerprint density at radius 1 is 1.14 bits per heavy atom. The molecule has 2 N–H and O–H groups in total. The molecule has 0 radical (unpaired) electrons. The van der Waals surface area contributed by atoms with Gasteiger partial charge in [0, 0.05) is 23.9 Å². The molecule has 110 valence electrons. The topological polar surface area (TPSA) is 50.4 Å². The maximum atomic E-state index is 13.5. The molecule has 0 aliphatic rings. The van der Waals surface area contributed by atoms with Crippen molar-refractivity contribution in [3.8, 4) is 5.75 Å². The van der Waals surface area contributed by atoms with Gasteiger partial charge in [0.2, 0.25) is 0 Å². The summed E-state index contributed by atoms with van der Waals surface area (Å²) in [6.07, 6.45) is 0. The second-order valence-corrected chi connectivity index (χ2v) is 4.25. The van der Waals surface area contributed by atoms with Crippen molar-refractivity contribution < 1.29 is 18.3 Å². The predicted octanol–water partition coefficient (Wildman–Crippen LogP) is 3.30. The summed E-state index contributed by atoms with van der Waals surface area (Å²) in [6, 6.07) is 9.63. The van der Waals surface area contributed by atoms with E-state index < -0.39 is 17.7 Å². The second-order valence-electron chi connectivity index (χ2n) is 4.25. The number of benzene rings is 2. The SMILES string of the molecule is COc1ccc(NC(=O)NCc2ccccc2F)cc1F. The number of amides is 2. The molecule has 0 heterocycles. The maximum Gasteiger partial charge on any atom is 0.319 e. The lowest BCUT2D eigenvalue weighted by atomic mass is 10.2. The van der Waals surface area contributed by atoms with E-state index in [-0.39, 0.29) is 18.0 Å². The number of methoxy groups -OCH3 is 1. The van der Waals surface area contributed by atoms with Crippen LogP contribution in [-0.2, 0) is 6.54 Å². The van der Waals surface area contributed by atoms with E-state index in [1.165, 1.54) is 25.3 Å². The van der Waals surface area contributed by atoms with Crippen LogP contribution in [0.25, 0.3) is 0 Å². The highest BCUT2D eigenvalue weighted by molar-refractivity contribution is 5.89. The van der Waals surface area contributed by atoms with Gasteiger partial charge in [-0.1, -0.05) is 18.2 Å². The third-order valence-corrected chi connectivity index (χ3v) is 2.81. The zero-order chi connectivity index (χ0) is 15.2. The molecular formula is C15H14F2N2O2. The Morgan fingerprint density at radius 2 is 1.90 bits per heavy atom.